The summed E-state index contributed by atoms with van der Waals surface area (Å²) in [5.41, 5.74) is 2.96. The fourth-order valence-corrected chi connectivity index (χ4v) is 3.15. The Labute approximate surface area is 178 Å². The Morgan fingerprint density at radius 2 is 1.68 bits per heavy atom. The van der Waals surface area contributed by atoms with Gasteiger partial charge in [0.15, 0.2) is 0 Å². The van der Waals surface area contributed by atoms with Gasteiger partial charge in [-0.25, -0.2) is 4.98 Å². The molecule has 4 aromatic rings. The number of nitrogens with one attached hydrogen (secondary N) is 3. The van der Waals surface area contributed by atoms with Crippen molar-refractivity contribution < 1.29 is 9.59 Å². The summed E-state index contributed by atoms with van der Waals surface area (Å²) in [4.78, 5) is 44.5. The van der Waals surface area contributed by atoms with Gasteiger partial charge in [0.05, 0.1) is 5.39 Å². The lowest BCUT2D eigenvalue weighted by Gasteiger charge is -2.08. The Kier molecular flexibility index (Phi) is 5.57. The Morgan fingerprint density at radius 3 is 2.42 bits per heavy atom. The van der Waals surface area contributed by atoms with Crippen molar-refractivity contribution in [3.05, 3.63) is 106 Å². The lowest BCUT2D eigenvalue weighted by Crippen LogP contribution is -2.28. The lowest BCUT2D eigenvalue weighted by atomic mass is 10.1. The maximum atomic E-state index is 12.6. The van der Waals surface area contributed by atoms with Gasteiger partial charge in [0.25, 0.3) is 11.8 Å². The molecule has 0 radical (unpaired) electrons. The van der Waals surface area contributed by atoms with Crippen LogP contribution >= 0.6 is 0 Å². The Balaban J connectivity index is 1.40. The molecule has 0 saturated carbocycles. The van der Waals surface area contributed by atoms with E-state index in [4.69, 9.17) is 0 Å². The fraction of sp³-hybridized carbons (Fsp3) is 0.0833. The highest BCUT2D eigenvalue weighted by atomic mass is 16.2. The van der Waals surface area contributed by atoms with Gasteiger partial charge in [0.1, 0.15) is 11.2 Å². The van der Waals surface area contributed by atoms with E-state index in [0.717, 1.165) is 11.3 Å². The van der Waals surface area contributed by atoms with Crippen LogP contribution in [0.2, 0.25) is 0 Å². The number of carbonyl (C=O) groups excluding carboxylic acids is 2. The number of amides is 2. The summed E-state index contributed by atoms with van der Waals surface area (Å²) in [7, 11) is 0. The second kappa shape index (κ2) is 8.62. The number of rotatable bonds is 5. The van der Waals surface area contributed by atoms with E-state index in [0.29, 0.717) is 22.3 Å². The average molecular weight is 412 g/mol. The molecule has 2 aromatic carbocycles. The van der Waals surface area contributed by atoms with Crippen molar-refractivity contribution in [1.82, 2.24) is 15.3 Å². The monoisotopic (exact) mass is 412 g/mol. The van der Waals surface area contributed by atoms with E-state index in [1.54, 1.807) is 60.7 Å². The molecule has 3 N–H and O–H groups in total. The first-order chi connectivity index (χ1) is 15.0. The summed E-state index contributed by atoms with van der Waals surface area (Å²) < 4.78 is 0. The van der Waals surface area contributed by atoms with Crippen molar-refractivity contribution in [2.24, 2.45) is 0 Å². The van der Waals surface area contributed by atoms with E-state index in [1.165, 1.54) is 6.20 Å². The van der Waals surface area contributed by atoms with Crippen molar-refractivity contribution >= 4 is 28.5 Å². The number of hydrogen-bond acceptors (Lipinski definition) is 4. The minimum Gasteiger partial charge on any atom is -0.348 e. The van der Waals surface area contributed by atoms with Crippen LogP contribution in [0.25, 0.3) is 11.0 Å². The zero-order valence-corrected chi connectivity index (χ0v) is 16.8. The van der Waals surface area contributed by atoms with Crippen LogP contribution in [0.4, 0.5) is 5.69 Å². The molecular formula is C24H20N4O3. The number of aromatic nitrogens is 2. The summed E-state index contributed by atoms with van der Waals surface area (Å²) in [6.45, 7) is 2.08. The molecule has 4 rings (SSSR count). The minimum atomic E-state index is -0.467. The summed E-state index contributed by atoms with van der Waals surface area (Å²) in [6, 6.07) is 19.5. The topological polar surface area (TPSA) is 104 Å². The third kappa shape index (κ3) is 4.51. The average Bonchev–Trinajstić information content (AvgIpc) is 2.79. The molecule has 0 spiro atoms. The van der Waals surface area contributed by atoms with Crippen LogP contribution in [0.5, 0.6) is 0 Å². The first-order valence-corrected chi connectivity index (χ1v) is 9.74. The van der Waals surface area contributed by atoms with Crippen LogP contribution in [-0.4, -0.2) is 21.8 Å². The maximum Gasteiger partial charge on any atom is 0.257 e. The number of benzene rings is 2. The predicted octanol–water partition coefficient (Wildman–Crippen LogP) is 3.41. The van der Waals surface area contributed by atoms with Crippen LogP contribution in [-0.2, 0) is 6.54 Å². The van der Waals surface area contributed by atoms with Crippen molar-refractivity contribution in [2.45, 2.75) is 13.5 Å². The van der Waals surface area contributed by atoms with Crippen LogP contribution in [0.1, 0.15) is 32.0 Å². The minimum absolute atomic E-state index is 0.0323. The van der Waals surface area contributed by atoms with Gasteiger partial charge in [-0.05, 0) is 48.9 Å². The highest BCUT2D eigenvalue weighted by Gasteiger charge is 2.13. The number of hydrogen-bond donors (Lipinski definition) is 3. The summed E-state index contributed by atoms with van der Waals surface area (Å²) >= 11 is 0. The van der Waals surface area contributed by atoms with E-state index in [-0.39, 0.29) is 23.4 Å². The van der Waals surface area contributed by atoms with Gasteiger partial charge < -0.3 is 15.6 Å². The van der Waals surface area contributed by atoms with Crippen LogP contribution in [0, 0.1) is 6.92 Å². The summed E-state index contributed by atoms with van der Waals surface area (Å²) in [5.74, 6) is -0.660. The largest absolute Gasteiger partial charge is 0.348 e. The lowest BCUT2D eigenvalue weighted by molar-refractivity contribution is 0.0949. The smallest absolute Gasteiger partial charge is 0.257 e. The summed E-state index contributed by atoms with van der Waals surface area (Å²) in [6.07, 6.45) is 1.38. The van der Waals surface area contributed by atoms with Gasteiger partial charge in [-0.15, -0.1) is 0 Å². The molecule has 0 bridgehead atoms. The first-order valence-electron chi connectivity index (χ1n) is 9.74. The molecule has 0 aliphatic heterocycles. The van der Waals surface area contributed by atoms with Gasteiger partial charge in [-0.3, -0.25) is 14.4 Å². The maximum absolute atomic E-state index is 12.6. The van der Waals surface area contributed by atoms with Crippen molar-refractivity contribution in [2.75, 3.05) is 5.32 Å². The molecule has 0 fully saturated rings. The third-order valence-corrected chi connectivity index (χ3v) is 4.82. The zero-order chi connectivity index (χ0) is 21.8. The Hall–Kier alpha value is -4.26. The normalized spacial score (nSPS) is 10.6. The zero-order valence-electron chi connectivity index (χ0n) is 16.8. The number of aromatic amines is 1. The van der Waals surface area contributed by atoms with Crippen LogP contribution < -0.4 is 16.1 Å². The second-order valence-corrected chi connectivity index (χ2v) is 7.08. The second-order valence-electron chi connectivity index (χ2n) is 7.08. The van der Waals surface area contributed by atoms with Gasteiger partial charge in [-0.1, -0.05) is 30.3 Å². The number of anilines is 1. The van der Waals surface area contributed by atoms with E-state index < -0.39 is 5.91 Å². The Bertz CT molecular complexity index is 1310. The van der Waals surface area contributed by atoms with Crippen molar-refractivity contribution in [3.63, 3.8) is 0 Å². The number of aryl methyl sites for hydroxylation is 1. The number of pyridine rings is 2. The molecule has 7 nitrogen and oxygen atoms in total. The number of H-pyrrole nitrogens is 1. The molecule has 0 unspecified atom stereocenters. The van der Waals surface area contributed by atoms with Gasteiger partial charge in [0, 0.05) is 29.7 Å². The van der Waals surface area contributed by atoms with Gasteiger partial charge >= 0.3 is 0 Å². The quantitative estimate of drug-likeness (QED) is 0.467. The SMILES string of the molecule is Cc1ccc2c(=O)c(C(=O)NCc3ccc(NC(=O)c4ccccc4)cc3)c[nH]c2n1. The molecule has 2 amide bonds. The first kappa shape index (κ1) is 20.0. The molecule has 7 heteroatoms. The van der Waals surface area contributed by atoms with Crippen molar-refractivity contribution in [3.8, 4) is 0 Å². The highest BCUT2D eigenvalue weighted by Crippen LogP contribution is 2.12. The number of fused-ring (bicyclic) bond motifs is 1. The van der Waals surface area contributed by atoms with E-state index in [2.05, 4.69) is 20.6 Å². The van der Waals surface area contributed by atoms with Crippen LogP contribution in [0.15, 0.2) is 77.7 Å². The molecule has 0 aliphatic rings. The number of carbonyl (C=O) groups is 2. The van der Waals surface area contributed by atoms with Gasteiger partial charge in [-0.2, -0.15) is 0 Å². The molecule has 31 heavy (non-hydrogen) atoms. The van der Waals surface area contributed by atoms with E-state index in [9.17, 15) is 14.4 Å². The molecule has 2 aromatic heterocycles. The highest BCUT2D eigenvalue weighted by molar-refractivity contribution is 6.04. The molecule has 0 atom stereocenters. The van der Waals surface area contributed by atoms with Gasteiger partial charge in [0.2, 0.25) is 5.43 Å². The predicted molar refractivity (Wildman–Crippen MR) is 119 cm³/mol. The standard InChI is InChI=1S/C24H20N4O3/c1-15-7-12-19-21(29)20(14-25-22(19)27-15)24(31)26-13-16-8-10-18(11-9-16)28-23(30)17-5-3-2-4-6-17/h2-12,14H,13H2,1H3,(H,26,31)(H,28,30)(H,25,27,29). The van der Waals surface area contributed by atoms with E-state index in [1.807, 2.05) is 13.0 Å². The molecule has 0 aliphatic carbocycles. The Morgan fingerprint density at radius 1 is 0.935 bits per heavy atom. The molecular weight excluding hydrogens is 392 g/mol. The molecule has 0 saturated heterocycles. The third-order valence-electron chi connectivity index (χ3n) is 4.82. The fourth-order valence-electron chi connectivity index (χ4n) is 3.15. The summed E-state index contributed by atoms with van der Waals surface area (Å²) in [5, 5.41) is 5.95. The van der Waals surface area contributed by atoms with Crippen molar-refractivity contribution in [1.29, 1.82) is 0 Å². The molecule has 154 valence electrons. The number of nitrogens with zero attached hydrogens (tertiary/aromatic N) is 1. The van der Waals surface area contributed by atoms with Crippen LogP contribution in [0.3, 0.4) is 0 Å². The van der Waals surface area contributed by atoms with E-state index >= 15 is 0 Å². The molecule has 2 heterocycles.